The Bertz CT molecular complexity index is 785. The highest BCUT2D eigenvalue weighted by atomic mass is 19.1. The molecule has 2 aliphatic heterocycles. The number of carbonyl (C=O) groups excluding carboxylic acids is 1. The van der Waals surface area contributed by atoms with Gasteiger partial charge in [-0.3, -0.25) is 4.99 Å². The van der Waals surface area contributed by atoms with E-state index in [1.54, 1.807) is 0 Å². The highest BCUT2D eigenvalue weighted by Crippen LogP contribution is 2.35. The molecule has 0 saturated carbocycles. The lowest BCUT2D eigenvalue weighted by Gasteiger charge is -2.37. The van der Waals surface area contributed by atoms with E-state index in [0.29, 0.717) is 26.3 Å². The smallest absolute Gasteiger partial charge is 0.407 e. The summed E-state index contributed by atoms with van der Waals surface area (Å²) in [5, 5.41) is 6.36. The second-order valence-corrected chi connectivity index (χ2v) is 9.65. The average Bonchev–Trinajstić information content (AvgIpc) is 3.19. The number of nitrogens with zero attached hydrogens (tertiary/aromatic N) is 2. The predicted octanol–water partition coefficient (Wildman–Crippen LogP) is 3.44. The summed E-state index contributed by atoms with van der Waals surface area (Å²) >= 11 is 0. The molecule has 2 fully saturated rings. The van der Waals surface area contributed by atoms with Gasteiger partial charge in [0, 0.05) is 38.3 Å². The molecule has 0 radical (unpaired) electrons. The molecule has 2 saturated heterocycles. The molecule has 0 bridgehead atoms. The van der Waals surface area contributed by atoms with Crippen molar-refractivity contribution in [2.24, 2.45) is 4.99 Å². The monoisotopic (exact) mass is 448 g/mol. The van der Waals surface area contributed by atoms with Gasteiger partial charge in [-0.25, -0.2) is 9.18 Å². The Morgan fingerprint density at radius 3 is 2.59 bits per heavy atom. The third kappa shape index (κ3) is 6.58. The van der Waals surface area contributed by atoms with Crippen LogP contribution in [0.5, 0.6) is 0 Å². The fraction of sp³-hybridized carbons (Fsp3) is 0.667. The maximum atomic E-state index is 13.5. The lowest BCUT2D eigenvalue weighted by atomic mass is 9.74. The minimum atomic E-state index is -0.517. The lowest BCUT2D eigenvalue weighted by Crippen LogP contribution is -2.45. The number of halogens is 1. The van der Waals surface area contributed by atoms with Gasteiger partial charge >= 0.3 is 6.09 Å². The molecule has 0 spiro atoms. The van der Waals surface area contributed by atoms with Crippen molar-refractivity contribution in [3.8, 4) is 0 Å². The van der Waals surface area contributed by atoms with Gasteiger partial charge in [-0.15, -0.1) is 0 Å². The van der Waals surface area contributed by atoms with Gasteiger partial charge in [0.2, 0.25) is 0 Å². The van der Waals surface area contributed by atoms with Crippen molar-refractivity contribution in [3.05, 3.63) is 35.6 Å². The molecular weight excluding hydrogens is 411 g/mol. The Morgan fingerprint density at radius 1 is 1.28 bits per heavy atom. The quantitative estimate of drug-likeness (QED) is 0.533. The Hall–Kier alpha value is -2.35. The molecular formula is C24H37FN4O3. The van der Waals surface area contributed by atoms with Crippen LogP contribution in [0.2, 0.25) is 0 Å². The molecule has 1 unspecified atom stereocenters. The Morgan fingerprint density at radius 2 is 1.97 bits per heavy atom. The maximum Gasteiger partial charge on any atom is 0.407 e. The van der Waals surface area contributed by atoms with E-state index < -0.39 is 5.60 Å². The first-order chi connectivity index (χ1) is 15.2. The third-order valence-electron chi connectivity index (χ3n) is 5.98. The number of ether oxygens (including phenoxy) is 2. The highest BCUT2D eigenvalue weighted by Gasteiger charge is 2.35. The molecule has 2 aliphatic rings. The van der Waals surface area contributed by atoms with Crippen molar-refractivity contribution in [2.45, 2.75) is 64.0 Å². The van der Waals surface area contributed by atoms with Crippen LogP contribution in [0.15, 0.2) is 29.3 Å². The Labute approximate surface area is 190 Å². The number of aliphatic imine (C=N–C) groups is 1. The molecule has 2 N–H and O–H groups in total. The molecule has 8 heteroatoms. The second kappa shape index (κ2) is 10.5. The number of amides is 1. The van der Waals surface area contributed by atoms with Crippen LogP contribution in [0.25, 0.3) is 0 Å². The van der Waals surface area contributed by atoms with Crippen molar-refractivity contribution >= 4 is 12.1 Å². The number of benzene rings is 1. The molecule has 3 rings (SSSR count). The molecule has 7 nitrogen and oxygen atoms in total. The van der Waals surface area contributed by atoms with E-state index in [-0.39, 0.29) is 23.4 Å². The number of guanidine groups is 1. The van der Waals surface area contributed by atoms with Crippen LogP contribution in [0.1, 0.15) is 52.5 Å². The predicted molar refractivity (Wildman–Crippen MR) is 123 cm³/mol. The van der Waals surface area contributed by atoms with Crippen LogP contribution in [-0.2, 0) is 14.9 Å². The second-order valence-electron chi connectivity index (χ2n) is 9.65. The average molecular weight is 449 g/mol. The van der Waals surface area contributed by atoms with Gasteiger partial charge in [-0.2, -0.15) is 0 Å². The third-order valence-corrected chi connectivity index (χ3v) is 5.98. The summed E-state index contributed by atoms with van der Waals surface area (Å²) in [6.07, 6.45) is 2.15. The molecule has 1 amide bonds. The van der Waals surface area contributed by atoms with Crippen LogP contribution in [0.4, 0.5) is 9.18 Å². The number of rotatable bonds is 5. The van der Waals surface area contributed by atoms with E-state index in [9.17, 15) is 9.18 Å². The standard InChI is InChI=1S/C24H37FN4O3/c1-5-26-21(29-13-10-20(16-29)28-22(30)32-23(2,3)4)27-17-24(11-14-31-15-12-24)18-6-8-19(25)9-7-18/h6-9,20H,5,10-17H2,1-4H3,(H,26,27)(H,28,30). The van der Waals surface area contributed by atoms with Crippen molar-refractivity contribution < 1.29 is 18.7 Å². The number of hydrogen-bond acceptors (Lipinski definition) is 4. The van der Waals surface area contributed by atoms with Crippen molar-refractivity contribution in [1.82, 2.24) is 15.5 Å². The molecule has 0 aliphatic carbocycles. The zero-order valence-electron chi connectivity index (χ0n) is 19.7. The minimum absolute atomic E-state index is 0.0165. The fourth-order valence-electron chi connectivity index (χ4n) is 4.30. The summed E-state index contributed by atoms with van der Waals surface area (Å²) in [6.45, 7) is 11.8. The van der Waals surface area contributed by atoms with Gasteiger partial charge in [0.15, 0.2) is 5.96 Å². The summed E-state index contributed by atoms with van der Waals surface area (Å²) in [7, 11) is 0. The van der Waals surface area contributed by atoms with E-state index in [0.717, 1.165) is 43.9 Å². The number of carbonyl (C=O) groups is 1. The molecule has 1 aromatic rings. The van der Waals surface area contributed by atoms with Crippen LogP contribution in [0, 0.1) is 5.82 Å². The first kappa shape index (κ1) is 24.3. The number of nitrogens with one attached hydrogen (secondary N) is 2. The SMILES string of the molecule is CCNC(=NCC1(c2ccc(F)cc2)CCOCC1)N1CCC(NC(=O)OC(C)(C)C)C1. The lowest BCUT2D eigenvalue weighted by molar-refractivity contribution is 0.0507. The number of alkyl carbamates (subject to hydrolysis) is 1. The largest absolute Gasteiger partial charge is 0.444 e. The Balaban J connectivity index is 1.69. The molecule has 0 aromatic heterocycles. The summed E-state index contributed by atoms with van der Waals surface area (Å²) in [4.78, 5) is 19.3. The van der Waals surface area contributed by atoms with Crippen LogP contribution < -0.4 is 10.6 Å². The molecule has 32 heavy (non-hydrogen) atoms. The van der Waals surface area contributed by atoms with E-state index in [1.165, 1.54) is 12.1 Å². The van der Waals surface area contributed by atoms with Crippen molar-refractivity contribution in [1.29, 1.82) is 0 Å². The fourth-order valence-corrected chi connectivity index (χ4v) is 4.30. The van der Waals surface area contributed by atoms with Gasteiger partial charge in [0.1, 0.15) is 11.4 Å². The summed E-state index contributed by atoms with van der Waals surface area (Å²) in [5.74, 6) is 0.613. The molecule has 2 heterocycles. The highest BCUT2D eigenvalue weighted by molar-refractivity contribution is 5.80. The van der Waals surface area contributed by atoms with Gasteiger partial charge < -0.3 is 25.0 Å². The van der Waals surface area contributed by atoms with E-state index in [1.807, 2.05) is 39.8 Å². The van der Waals surface area contributed by atoms with Gasteiger partial charge in [-0.1, -0.05) is 12.1 Å². The molecule has 178 valence electrons. The van der Waals surface area contributed by atoms with E-state index in [4.69, 9.17) is 14.5 Å². The van der Waals surface area contributed by atoms with Crippen molar-refractivity contribution in [3.63, 3.8) is 0 Å². The van der Waals surface area contributed by atoms with Gasteiger partial charge in [0.05, 0.1) is 12.6 Å². The van der Waals surface area contributed by atoms with Crippen LogP contribution in [-0.4, -0.2) is 68.0 Å². The van der Waals surface area contributed by atoms with Crippen LogP contribution >= 0.6 is 0 Å². The normalized spacial score (nSPS) is 21.3. The zero-order valence-corrected chi connectivity index (χ0v) is 19.7. The van der Waals surface area contributed by atoms with Crippen molar-refractivity contribution in [2.75, 3.05) is 39.4 Å². The number of likely N-dealkylation sites (tertiary alicyclic amines) is 1. The summed E-state index contributed by atoms with van der Waals surface area (Å²) < 4.78 is 24.5. The molecule has 1 aromatic carbocycles. The maximum absolute atomic E-state index is 13.5. The van der Waals surface area contributed by atoms with Crippen LogP contribution in [0.3, 0.4) is 0 Å². The van der Waals surface area contributed by atoms with Gasteiger partial charge in [-0.05, 0) is 64.7 Å². The zero-order chi connectivity index (χ0) is 23.2. The summed E-state index contributed by atoms with van der Waals surface area (Å²) in [6, 6.07) is 6.81. The van der Waals surface area contributed by atoms with Gasteiger partial charge in [0.25, 0.3) is 0 Å². The Kier molecular flexibility index (Phi) is 7.98. The first-order valence-corrected chi connectivity index (χ1v) is 11.6. The number of hydrogen-bond donors (Lipinski definition) is 2. The van der Waals surface area contributed by atoms with E-state index >= 15 is 0 Å². The topological polar surface area (TPSA) is 75.2 Å². The first-order valence-electron chi connectivity index (χ1n) is 11.6. The molecule has 1 atom stereocenters. The summed E-state index contributed by atoms with van der Waals surface area (Å²) in [5.41, 5.74) is 0.421. The minimum Gasteiger partial charge on any atom is -0.444 e. The van der Waals surface area contributed by atoms with E-state index in [2.05, 4.69) is 15.5 Å².